The van der Waals surface area contributed by atoms with E-state index in [0.29, 0.717) is 23.2 Å². The zero-order chi connectivity index (χ0) is 26.3. The Morgan fingerprint density at radius 3 is 2.76 bits per heavy atom. The van der Waals surface area contributed by atoms with Crippen molar-refractivity contribution in [1.82, 2.24) is 20.3 Å². The van der Waals surface area contributed by atoms with Crippen LogP contribution >= 0.6 is 11.6 Å². The van der Waals surface area contributed by atoms with Crippen LogP contribution in [0.1, 0.15) is 11.3 Å². The zero-order valence-electron chi connectivity index (χ0n) is 20.8. The molecule has 0 saturated heterocycles. The van der Waals surface area contributed by atoms with E-state index >= 15 is 0 Å². The molecule has 0 aliphatic carbocycles. The highest BCUT2D eigenvalue weighted by Crippen LogP contribution is 2.32. The van der Waals surface area contributed by atoms with Gasteiger partial charge in [0.1, 0.15) is 30.3 Å². The summed E-state index contributed by atoms with van der Waals surface area (Å²) >= 11 is 6.49. The Morgan fingerprint density at radius 2 is 1.92 bits per heavy atom. The summed E-state index contributed by atoms with van der Waals surface area (Å²) in [5.74, 6) is 0.874. The molecular formula is C29H27ClFN5O2. The van der Waals surface area contributed by atoms with Gasteiger partial charge in [-0.3, -0.25) is 0 Å². The van der Waals surface area contributed by atoms with E-state index in [9.17, 15) is 4.39 Å². The quantitative estimate of drug-likeness (QED) is 0.169. The van der Waals surface area contributed by atoms with Crippen molar-refractivity contribution in [1.29, 1.82) is 0 Å². The van der Waals surface area contributed by atoms with Gasteiger partial charge in [-0.1, -0.05) is 29.8 Å². The van der Waals surface area contributed by atoms with Crippen molar-refractivity contribution >= 4 is 34.0 Å². The third-order valence-corrected chi connectivity index (χ3v) is 6.28. The first-order valence-corrected chi connectivity index (χ1v) is 12.5. The van der Waals surface area contributed by atoms with Crippen LogP contribution in [0.15, 0.2) is 79.3 Å². The number of aromatic nitrogens is 3. The minimum atomic E-state index is -0.302. The number of ether oxygens (including phenoxy) is 2. The van der Waals surface area contributed by atoms with Gasteiger partial charge in [-0.2, -0.15) is 0 Å². The number of hydrogen-bond donors (Lipinski definition) is 3. The Kier molecular flexibility index (Phi) is 8.13. The maximum absolute atomic E-state index is 13.4. The SMILES string of the molecule is COCCNCc1cc(-c2ccc3ncnc(Nc4ccc(OCc5cccc(F)c5)c(Cl)c4)c3c2)c[nH]1. The molecule has 0 aliphatic heterocycles. The molecule has 2 aromatic heterocycles. The van der Waals surface area contributed by atoms with Crippen LogP contribution in [0.5, 0.6) is 5.75 Å². The molecule has 0 radical (unpaired) electrons. The monoisotopic (exact) mass is 531 g/mol. The lowest BCUT2D eigenvalue weighted by Crippen LogP contribution is -2.18. The fraction of sp³-hybridized carbons (Fsp3) is 0.172. The summed E-state index contributed by atoms with van der Waals surface area (Å²) in [7, 11) is 1.69. The van der Waals surface area contributed by atoms with Gasteiger partial charge in [-0.25, -0.2) is 14.4 Å². The molecule has 0 atom stereocenters. The van der Waals surface area contributed by atoms with Crippen molar-refractivity contribution in [2.75, 3.05) is 25.6 Å². The average Bonchev–Trinajstić information content (AvgIpc) is 3.40. The Balaban J connectivity index is 1.31. The smallest absolute Gasteiger partial charge is 0.141 e. The fourth-order valence-corrected chi connectivity index (χ4v) is 4.30. The maximum atomic E-state index is 13.4. The molecule has 2 heterocycles. The minimum absolute atomic E-state index is 0.216. The minimum Gasteiger partial charge on any atom is -0.487 e. The molecule has 0 bridgehead atoms. The van der Waals surface area contributed by atoms with E-state index in [-0.39, 0.29) is 12.4 Å². The predicted molar refractivity (Wildman–Crippen MR) is 148 cm³/mol. The van der Waals surface area contributed by atoms with Crippen molar-refractivity contribution in [3.05, 3.63) is 101 Å². The second-order valence-electron chi connectivity index (χ2n) is 8.73. The van der Waals surface area contributed by atoms with Crippen LogP contribution in [0.25, 0.3) is 22.0 Å². The van der Waals surface area contributed by atoms with Gasteiger partial charge in [0.25, 0.3) is 0 Å². The number of rotatable bonds is 11. The first kappa shape index (κ1) is 25.7. The molecule has 0 saturated carbocycles. The van der Waals surface area contributed by atoms with E-state index < -0.39 is 0 Å². The highest BCUT2D eigenvalue weighted by Gasteiger charge is 2.10. The lowest BCUT2D eigenvalue weighted by molar-refractivity contribution is 0.199. The molecule has 0 spiro atoms. The van der Waals surface area contributed by atoms with Gasteiger partial charge in [0.15, 0.2) is 0 Å². The van der Waals surface area contributed by atoms with Gasteiger partial charge in [0.05, 0.1) is 17.1 Å². The Morgan fingerprint density at radius 1 is 1.00 bits per heavy atom. The molecule has 0 unspecified atom stereocenters. The normalized spacial score (nSPS) is 11.1. The molecule has 5 rings (SSSR count). The van der Waals surface area contributed by atoms with E-state index in [0.717, 1.165) is 52.1 Å². The largest absolute Gasteiger partial charge is 0.487 e. The van der Waals surface area contributed by atoms with Gasteiger partial charge in [0, 0.05) is 43.2 Å². The first-order valence-electron chi connectivity index (χ1n) is 12.1. The maximum Gasteiger partial charge on any atom is 0.141 e. The Labute approximate surface area is 225 Å². The molecule has 5 aromatic rings. The van der Waals surface area contributed by atoms with Gasteiger partial charge < -0.3 is 25.1 Å². The molecule has 0 aliphatic rings. The third-order valence-electron chi connectivity index (χ3n) is 5.99. The second-order valence-corrected chi connectivity index (χ2v) is 9.13. The summed E-state index contributed by atoms with van der Waals surface area (Å²) in [6.45, 7) is 2.41. The number of anilines is 2. The lowest BCUT2D eigenvalue weighted by Gasteiger charge is -2.12. The van der Waals surface area contributed by atoms with Crippen molar-refractivity contribution in [2.24, 2.45) is 0 Å². The third kappa shape index (κ3) is 6.28. The van der Waals surface area contributed by atoms with Gasteiger partial charge >= 0.3 is 0 Å². The molecule has 0 fully saturated rings. The molecule has 38 heavy (non-hydrogen) atoms. The summed E-state index contributed by atoms with van der Waals surface area (Å²) in [6.07, 6.45) is 3.52. The summed E-state index contributed by atoms with van der Waals surface area (Å²) in [6, 6.07) is 19.9. The number of H-pyrrole nitrogens is 1. The van der Waals surface area contributed by atoms with Crippen LogP contribution in [0, 0.1) is 5.82 Å². The van der Waals surface area contributed by atoms with E-state index in [2.05, 4.69) is 37.7 Å². The van der Waals surface area contributed by atoms with Crippen LogP contribution in [0.3, 0.4) is 0 Å². The number of methoxy groups -OCH3 is 1. The van der Waals surface area contributed by atoms with Crippen LogP contribution in [0.2, 0.25) is 5.02 Å². The lowest BCUT2D eigenvalue weighted by atomic mass is 10.1. The standard InChI is InChI=1S/C29H27ClFN5O2/c1-37-10-9-32-16-24-12-21(15-33-24)20-5-7-27-25(13-20)29(35-18-34-27)36-23-6-8-28(26(30)14-23)38-17-19-3-2-4-22(31)11-19/h2-8,11-15,18,32-33H,9-10,16-17H2,1H3,(H,34,35,36). The topological polar surface area (TPSA) is 84.1 Å². The highest BCUT2D eigenvalue weighted by molar-refractivity contribution is 6.32. The van der Waals surface area contributed by atoms with Crippen molar-refractivity contribution in [2.45, 2.75) is 13.2 Å². The summed E-state index contributed by atoms with van der Waals surface area (Å²) in [4.78, 5) is 12.2. The first-order chi connectivity index (χ1) is 18.6. The number of benzene rings is 3. The summed E-state index contributed by atoms with van der Waals surface area (Å²) in [5.41, 5.74) is 5.52. The average molecular weight is 532 g/mol. The Hall–Kier alpha value is -3.98. The highest BCUT2D eigenvalue weighted by atomic mass is 35.5. The number of hydrogen-bond acceptors (Lipinski definition) is 6. The fourth-order valence-electron chi connectivity index (χ4n) is 4.06. The van der Waals surface area contributed by atoms with Crippen LogP contribution < -0.4 is 15.4 Å². The summed E-state index contributed by atoms with van der Waals surface area (Å²) in [5, 5.41) is 8.01. The Bertz CT molecular complexity index is 1540. The van der Waals surface area contributed by atoms with Crippen LogP contribution in [0.4, 0.5) is 15.9 Å². The number of aromatic amines is 1. The molecule has 7 nitrogen and oxygen atoms in total. The van der Waals surface area contributed by atoms with E-state index in [1.165, 1.54) is 18.5 Å². The number of halogens is 2. The van der Waals surface area contributed by atoms with Gasteiger partial charge in [-0.05, 0) is 65.2 Å². The molecule has 9 heteroatoms. The van der Waals surface area contributed by atoms with E-state index in [4.69, 9.17) is 21.1 Å². The van der Waals surface area contributed by atoms with Gasteiger partial charge in [0.2, 0.25) is 0 Å². The molecule has 3 aromatic carbocycles. The number of nitrogens with one attached hydrogen (secondary N) is 3. The molecular weight excluding hydrogens is 505 g/mol. The molecule has 3 N–H and O–H groups in total. The van der Waals surface area contributed by atoms with Crippen LogP contribution in [-0.2, 0) is 17.9 Å². The molecule has 0 amide bonds. The van der Waals surface area contributed by atoms with Crippen molar-refractivity contribution in [3.8, 4) is 16.9 Å². The molecule has 194 valence electrons. The van der Waals surface area contributed by atoms with Crippen LogP contribution in [-0.4, -0.2) is 35.2 Å². The van der Waals surface area contributed by atoms with Gasteiger partial charge in [-0.15, -0.1) is 0 Å². The summed E-state index contributed by atoms with van der Waals surface area (Å²) < 4.78 is 24.3. The predicted octanol–water partition coefficient (Wildman–Crippen LogP) is 6.48. The number of nitrogens with zero attached hydrogens (tertiary/aromatic N) is 2. The zero-order valence-corrected chi connectivity index (χ0v) is 21.6. The second kappa shape index (κ2) is 12.0. The van der Waals surface area contributed by atoms with Crippen molar-refractivity contribution in [3.63, 3.8) is 0 Å². The number of fused-ring (bicyclic) bond motifs is 1. The van der Waals surface area contributed by atoms with E-state index in [1.807, 2.05) is 24.4 Å². The van der Waals surface area contributed by atoms with Crippen molar-refractivity contribution < 1.29 is 13.9 Å². The van der Waals surface area contributed by atoms with E-state index in [1.54, 1.807) is 31.4 Å².